The van der Waals surface area contributed by atoms with Crippen molar-refractivity contribution in [2.75, 3.05) is 13.6 Å². The van der Waals surface area contributed by atoms with Gasteiger partial charge in [-0.2, -0.15) is 0 Å². The van der Waals surface area contributed by atoms with Crippen LogP contribution >= 0.6 is 0 Å². The van der Waals surface area contributed by atoms with Gasteiger partial charge in [-0.3, -0.25) is 4.79 Å². The predicted molar refractivity (Wildman–Crippen MR) is 87.4 cm³/mol. The molecule has 24 heavy (non-hydrogen) atoms. The molecule has 1 amide bonds. The van der Waals surface area contributed by atoms with Gasteiger partial charge in [0.05, 0.1) is 0 Å². The maximum atomic E-state index is 10.5. The van der Waals surface area contributed by atoms with Crippen LogP contribution in [0.4, 0.5) is 0 Å². The summed E-state index contributed by atoms with van der Waals surface area (Å²) in [4.78, 5) is 12.3. The molecule has 0 aliphatic carbocycles. The van der Waals surface area contributed by atoms with E-state index >= 15 is 0 Å². The molecule has 1 rings (SSSR count). The zero-order valence-corrected chi connectivity index (χ0v) is 18.5. The van der Waals surface area contributed by atoms with Crippen LogP contribution < -0.4 is 20.4 Å². The Labute approximate surface area is 164 Å². The maximum Gasteiger partial charge on any atom is 4.00 e. The van der Waals surface area contributed by atoms with E-state index in [1.165, 1.54) is 0 Å². The van der Waals surface area contributed by atoms with Gasteiger partial charge in [0, 0.05) is 20.0 Å². The third-order valence-corrected chi connectivity index (χ3v) is 1.31. The van der Waals surface area contributed by atoms with Crippen LogP contribution in [0.5, 0.6) is 0 Å². The van der Waals surface area contributed by atoms with Gasteiger partial charge in [0.2, 0.25) is 5.91 Å². The molecule has 0 N–H and O–H groups in total. The number of likely N-dealkylation sites (tertiary alicyclic amines) is 1. The Hall–Kier alpha value is 0.0243. The number of hydrogen-bond donors (Lipinski definition) is 0. The van der Waals surface area contributed by atoms with E-state index in [0.29, 0.717) is 5.91 Å². The van der Waals surface area contributed by atoms with Crippen molar-refractivity contribution in [2.24, 2.45) is 0 Å². The Morgan fingerprint density at radius 3 is 1.00 bits per heavy atom. The smallest absolute Gasteiger partial charge is 0.852 e. The van der Waals surface area contributed by atoms with Crippen LogP contribution in [-0.2, 0) is 26.5 Å². The summed E-state index contributed by atoms with van der Waals surface area (Å²) < 4.78 is 0. The Morgan fingerprint density at radius 1 is 0.750 bits per heavy atom. The van der Waals surface area contributed by atoms with Crippen molar-refractivity contribution in [3.63, 3.8) is 0 Å². The maximum absolute atomic E-state index is 10.5. The molecular weight excluding hydrogens is 346 g/mol. The van der Waals surface area contributed by atoms with Crippen LogP contribution in [0.3, 0.4) is 0 Å². The van der Waals surface area contributed by atoms with Gasteiger partial charge in [-0.05, 0) is 6.42 Å². The third-order valence-electron chi connectivity index (χ3n) is 1.31. The number of carbonyl (C=O) groups excluding carboxylic acids is 1. The fourth-order valence-electron chi connectivity index (χ4n) is 0.783. The largest absolute Gasteiger partial charge is 4.00 e. The summed E-state index contributed by atoms with van der Waals surface area (Å²) >= 11 is 0. The molecule has 0 saturated carbocycles. The van der Waals surface area contributed by atoms with E-state index in [0.717, 1.165) is 19.4 Å². The predicted octanol–water partition coefficient (Wildman–Crippen LogP) is -0.743. The molecule has 7 heteroatoms. The van der Waals surface area contributed by atoms with Gasteiger partial charge in [0.25, 0.3) is 0 Å². The summed E-state index contributed by atoms with van der Waals surface area (Å²) in [5, 5.41) is 38.1. The van der Waals surface area contributed by atoms with Crippen molar-refractivity contribution >= 4 is 5.91 Å². The van der Waals surface area contributed by atoms with Crippen molar-refractivity contribution in [3.05, 3.63) is 0 Å². The molecule has 0 bridgehead atoms. The van der Waals surface area contributed by atoms with Crippen molar-refractivity contribution in [1.82, 2.24) is 4.90 Å². The number of rotatable bonds is 0. The molecule has 0 aromatic heterocycles. The molecule has 1 aliphatic rings. The average molecular weight is 383 g/mol. The first kappa shape index (κ1) is 35.2. The van der Waals surface area contributed by atoms with Gasteiger partial charge in [0.1, 0.15) is 0 Å². The number of nitrogens with zero attached hydrogens (tertiary/aromatic N) is 1. The van der Waals surface area contributed by atoms with Crippen LogP contribution in [0.15, 0.2) is 0 Å². The van der Waals surface area contributed by atoms with E-state index in [-0.39, 0.29) is 21.7 Å². The zero-order chi connectivity index (χ0) is 19.6. The van der Waals surface area contributed by atoms with Crippen LogP contribution in [0, 0.1) is 0 Å². The molecule has 0 aromatic carbocycles. The summed E-state index contributed by atoms with van der Waals surface area (Å²) in [5.41, 5.74) is 0. The Balaban J connectivity index is -0.0000000641. The number of hydrogen-bond acceptors (Lipinski definition) is 5. The normalized spacial score (nSPS) is 12.2. The summed E-state index contributed by atoms with van der Waals surface area (Å²) in [6.45, 7) is 13.8. The monoisotopic (exact) mass is 383 g/mol. The van der Waals surface area contributed by atoms with E-state index < -0.39 is 24.4 Å². The molecule has 0 unspecified atom stereocenters. The minimum absolute atomic E-state index is 0. The quantitative estimate of drug-likeness (QED) is 0.511. The van der Waals surface area contributed by atoms with E-state index in [1.54, 1.807) is 60.3 Å². The van der Waals surface area contributed by atoms with Crippen molar-refractivity contribution in [1.29, 1.82) is 0 Å². The topological polar surface area (TPSA) is 113 Å². The summed E-state index contributed by atoms with van der Waals surface area (Å²) in [6.07, 6.45) is 0.145. The first-order valence-corrected chi connectivity index (χ1v) is 8.11. The van der Waals surface area contributed by atoms with Crippen LogP contribution in [0.2, 0.25) is 0 Å². The molecule has 144 valence electrons. The third kappa shape index (κ3) is 96.9. The second-order valence-electron chi connectivity index (χ2n) is 6.11. The summed E-state index contributed by atoms with van der Waals surface area (Å²) in [5.74, 6) is 0.292. The molecular formula is C17H37NO5Ti. The van der Waals surface area contributed by atoms with Gasteiger partial charge < -0.3 is 25.3 Å². The SMILES string of the molecule is CC(C)[O-].CC(C)[O-].CC(C)[O-].CC(C)[O-].CN1CCCC1=O.[Ti+4]. The van der Waals surface area contributed by atoms with Crippen LogP contribution in [0.25, 0.3) is 0 Å². The number of carbonyl (C=O) groups is 1. The van der Waals surface area contributed by atoms with Crippen LogP contribution in [0.1, 0.15) is 68.2 Å². The Morgan fingerprint density at radius 2 is 0.958 bits per heavy atom. The molecule has 0 spiro atoms. The minimum Gasteiger partial charge on any atom is -0.852 e. The van der Waals surface area contributed by atoms with E-state index in [4.69, 9.17) is 0 Å². The number of amides is 1. The molecule has 6 nitrogen and oxygen atoms in total. The second kappa shape index (κ2) is 25.3. The Bertz CT molecular complexity index is 202. The van der Waals surface area contributed by atoms with Gasteiger partial charge >= 0.3 is 21.7 Å². The second-order valence-corrected chi connectivity index (χ2v) is 6.11. The Kier molecular flexibility index (Phi) is 37.0. The van der Waals surface area contributed by atoms with Gasteiger partial charge in [-0.1, -0.05) is 55.4 Å². The fourth-order valence-corrected chi connectivity index (χ4v) is 0.783. The standard InChI is InChI=1S/C5H9NO.4C3H7O.Ti/c1-6-4-2-3-5(6)7;4*1-3(2)4;/h2-4H2,1H3;4*3H,1-2H3;/q;4*-1;+4. The molecule has 0 radical (unpaired) electrons. The molecule has 1 heterocycles. The molecule has 1 aliphatic heterocycles. The molecule has 0 aromatic rings. The van der Waals surface area contributed by atoms with E-state index in [1.807, 2.05) is 7.05 Å². The summed E-state index contributed by atoms with van der Waals surface area (Å²) in [7, 11) is 1.84. The van der Waals surface area contributed by atoms with Gasteiger partial charge in [0.15, 0.2) is 0 Å². The summed E-state index contributed by atoms with van der Waals surface area (Å²) in [6, 6.07) is 0. The molecule has 0 atom stereocenters. The van der Waals surface area contributed by atoms with E-state index in [9.17, 15) is 25.2 Å². The van der Waals surface area contributed by atoms with Crippen molar-refractivity contribution < 1.29 is 46.9 Å². The molecule has 1 fully saturated rings. The minimum atomic E-state index is -0.417. The van der Waals surface area contributed by atoms with Gasteiger partial charge in [-0.15, -0.1) is 24.4 Å². The van der Waals surface area contributed by atoms with E-state index in [2.05, 4.69) is 0 Å². The first-order chi connectivity index (χ1) is 10.2. The average Bonchev–Trinajstić information content (AvgIpc) is 2.59. The molecule has 1 saturated heterocycles. The van der Waals surface area contributed by atoms with Gasteiger partial charge in [-0.25, -0.2) is 0 Å². The van der Waals surface area contributed by atoms with Crippen molar-refractivity contribution in [3.8, 4) is 0 Å². The first-order valence-electron chi connectivity index (χ1n) is 8.11. The van der Waals surface area contributed by atoms with Crippen molar-refractivity contribution in [2.45, 2.75) is 92.6 Å². The zero-order valence-electron chi connectivity index (χ0n) is 16.9. The fraction of sp³-hybridized carbons (Fsp3) is 0.941. The van der Waals surface area contributed by atoms with Crippen LogP contribution in [-0.4, -0.2) is 48.8 Å².